The van der Waals surface area contributed by atoms with Crippen molar-refractivity contribution in [3.05, 3.63) is 30.3 Å². The molecule has 7 heteroatoms. The van der Waals surface area contributed by atoms with Crippen LogP contribution in [0.5, 0.6) is 0 Å². The number of rotatable bonds is 5. The summed E-state index contributed by atoms with van der Waals surface area (Å²) in [5.41, 5.74) is 0.748. The van der Waals surface area contributed by atoms with Gasteiger partial charge in [-0.05, 0) is 50.2 Å². The molecule has 1 aromatic carbocycles. The van der Waals surface area contributed by atoms with E-state index in [0.29, 0.717) is 26.1 Å². The van der Waals surface area contributed by atoms with Crippen molar-refractivity contribution in [2.24, 2.45) is 11.8 Å². The normalized spacial score (nSPS) is 22.6. The molecule has 2 fully saturated rings. The van der Waals surface area contributed by atoms with Gasteiger partial charge in [0.25, 0.3) is 0 Å². The van der Waals surface area contributed by atoms with Crippen LogP contribution in [0.1, 0.15) is 38.5 Å². The maximum atomic E-state index is 13.0. The molecule has 2 aliphatic rings. The fourth-order valence-corrected chi connectivity index (χ4v) is 4.17. The standard InChI is InChI=1S/C21H29N3O4/c25-19(26)11-10-16-6-4-12-23(14-16)20(27)17-7-5-13-24(15-17)21(28)22-18-8-2-1-3-9-18/h1-3,8-9,16-17H,4-7,10-15H2,(H,22,28)(H,25,26). The van der Waals surface area contributed by atoms with Crippen molar-refractivity contribution in [1.29, 1.82) is 0 Å². The first-order valence-electron chi connectivity index (χ1n) is 10.1. The Morgan fingerprint density at radius 2 is 1.71 bits per heavy atom. The summed E-state index contributed by atoms with van der Waals surface area (Å²) in [4.78, 5) is 40.0. The predicted molar refractivity (Wildman–Crippen MR) is 106 cm³/mol. The maximum absolute atomic E-state index is 13.0. The molecular weight excluding hydrogens is 358 g/mol. The van der Waals surface area contributed by atoms with Gasteiger partial charge in [0.15, 0.2) is 0 Å². The van der Waals surface area contributed by atoms with Gasteiger partial charge in [0.1, 0.15) is 0 Å². The van der Waals surface area contributed by atoms with Gasteiger partial charge in [-0.15, -0.1) is 0 Å². The molecule has 2 aliphatic heterocycles. The van der Waals surface area contributed by atoms with Gasteiger partial charge in [-0.25, -0.2) is 4.79 Å². The Morgan fingerprint density at radius 1 is 1.00 bits per heavy atom. The molecule has 0 aromatic heterocycles. The average Bonchev–Trinajstić information content (AvgIpc) is 2.72. The first-order valence-corrected chi connectivity index (χ1v) is 10.1. The molecule has 0 radical (unpaired) electrons. The number of para-hydroxylation sites is 1. The molecule has 0 bridgehead atoms. The Hall–Kier alpha value is -2.57. The summed E-state index contributed by atoms with van der Waals surface area (Å²) >= 11 is 0. The van der Waals surface area contributed by atoms with E-state index in [9.17, 15) is 14.4 Å². The number of benzene rings is 1. The van der Waals surface area contributed by atoms with Crippen LogP contribution in [0.15, 0.2) is 30.3 Å². The third kappa shape index (κ3) is 5.47. The lowest BCUT2D eigenvalue weighted by Gasteiger charge is -2.38. The van der Waals surface area contributed by atoms with Crippen molar-refractivity contribution < 1.29 is 19.5 Å². The number of carboxylic acid groups (broad SMARTS) is 1. The van der Waals surface area contributed by atoms with E-state index in [-0.39, 0.29) is 30.2 Å². The Kier molecular flexibility index (Phi) is 6.90. The monoisotopic (exact) mass is 387 g/mol. The number of likely N-dealkylation sites (tertiary alicyclic amines) is 2. The number of aliphatic carboxylic acids is 1. The van der Waals surface area contributed by atoms with Gasteiger partial charge < -0.3 is 20.2 Å². The fourth-order valence-electron chi connectivity index (χ4n) is 4.17. The van der Waals surface area contributed by atoms with Gasteiger partial charge in [0, 0.05) is 38.3 Å². The predicted octanol–water partition coefficient (Wildman–Crippen LogP) is 3.03. The van der Waals surface area contributed by atoms with Crippen molar-refractivity contribution >= 4 is 23.6 Å². The van der Waals surface area contributed by atoms with Crippen LogP contribution in [-0.4, -0.2) is 59.0 Å². The highest BCUT2D eigenvalue weighted by molar-refractivity contribution is 5.90. The number of carbonyl (C=O) groups is 3. The molecule has 152 valence electrons. The molecule has 28 heavy (non-hydrogen) atoms. The summed E-state index contributed by atoms with van der Waals surface area (Å²) in [6.07, 6.45) is 4.28. The second-order valence-electron chi connectivity index (χ2n) is 7.81. The molecule has 3 amide bonds. The van der Waals surface area contributed by atoms with Gasteiger partial charge in [-0.2, -0.15) is 0 Å². The van der Waals surface area contributed by atoms with E-state index < -0.39 is 5.97 Å². The number of hydrogen-bond donors (Lipinski definition) is 2. The third-order valence-electron chi connectivity index (χ3n) is 5.68. The van der Waals surface area contributed by atoms with Crippen LogP contribution < -0.4 is 5.32 Å². The zero-order valence-electron chi connectivity index (χ0n) is 16.2. The Labute approximate surface area is 165 Å². The number of anilines is 1. The van der Waals surface area contributed by atoms with E-state index in [1.165, 1.54) is 0 Å². The van der Waals surface area contributed by atoms with Crippen LogP contribution in [0.25, 0.3) is 0 Å². The van der Waals surface area contributed by atoms with Crippen molar-refractivity contribution in [2.75, 3.05) is 31.5 Å². The zero-order chi connectivity index (χ0) is 19.9. The number of hydrogen-bond acceptors (Lipinski definition) is 3. The maximum Gasteiger partial charge on any atom is 0.321 e. The van der Waals surface area contributed by atoms with Crippen molar-refractivity contribution in [1.82, 2.24) is 9.80 Å². The van der Waals surface area contributed by atoms with Crippen LogP contribution in [0, 0.1) is 11.8 Å². The van der Waals surface area contributed by atoms with Gasteiger partial charge >= 0.3 is 12.0 Å². The highest BCUT2D eigenvalue weighted by Crippen LogP contribution is 2.25. The lowest BCUT2D eigenvalue weighted by atomic mass is 9.91. The van der Waals surface area contributed by atoms with Gasteiger partial charge in [0.05, 0.1) is 5.92 Å². The number of nitrogens with zero attached hydrogens (tertiary/aromatic N) is 2. The summed E-state index contributed by atoms with van der Waals surface area (Å²) < 4.78 is 0. The van der Waals surface area contributed by atoms with E-state index in [1.807, 2.05) is 35.2 Å². The summed E-state index contributed by atoms with van der Waals surface area (Å²) in [5.74, 6) is -0.587. The summed E-state index contributed by atoms with van der Waals surface area (Å²) in [6.45, 7) is 2.46. The molecule has 1 aromatic rings. The lowest BCUT2D eigenvalue weighted by Crippen LogP contribution is -2.50. The highest BCUT2D eigenvalue weighted by Gasteiger charge is 2.33. The minimum atomic E-state index is -0.782. The van der Waals surface area contributed by atoms with Crippen LogP contribution in [0.2, 0.25) is 0 Å². The quantitative estimate of drug-likeness (QED) is 0.813. The van der Waals surface area contributed by atoms with E-state index in [0.717, 1.165) is 37.9 Å². The second-order valence-corrected chi connectivity index (χ2v) is 7.81. The topological polar surface area (TPSA) is 90.0 Å². The summed E-state index contributed by atoms with van der Waals surface area (Å²) in [5, 5.41) is 11.8. The van der Waals surface area contributed by atoms with Crippen molar-refractivity contribution in [2.45, 2.75) is 38.5 Å². The minimum Gasteiger partial charge on any atom is -0.481 e. The fraction of sp³-hybridized carbons (Fsp3) is 0.571. The molecule has 0 saturated carbocycles. The number of urea groups is 1. The smallest absolute Gasteiger partial charge is 0.321 e. The molecule has 7 nitrogen and oxygen atoms in total. The Bertz CT molecular complexity index is 694. The van der Waals surface area contributed by atoms with Gasteiger partial charge in [-0.3, -0.25) is 9.59 Å². The van der Waals surface area contributed by atoms with E-state index in [1.54, 1.807) is 4.90 Å². The number of carbonyl (C=O) groups excluding carboxylic acids is 2. The average molecular weight is 387 g/mol. The van der Waals surface area contributed by atoms with E-state index in [4.69, 9.17) is 5.11 Å². The molecule has 2 unspecified atom stereocenters. The zero-order valence-corrected chi connectivity index (χ0v) is 16.2. The molecule has 2 N–H and O–H groups in total. The number of carboxylic acids is 1. The highest BCUT2D eigenvalue weighted by atomic mass is 16.4. The van der Waals surface area contributed by atoms with E-state index in [2.05, 4.69) is 5.32 Å². The molecule has 2 atom stereocenters. The lowest BCUT2D eigenvalue weighted by molar-refractivity contribution is -0.139. The van der Waals surface area contributed by atoms with Crippen LogP contribution >= 0.6 is 0 Å². The molecule has 0 aliphatic carbocycles. The Balaban J connectivity index is 1.53. The summed E-state index contributed by atoms with van der Waals surface area (Å²) in [6, 6.07) is 9.16. The first kappa shape index (κ1) is 20.2. The van der Waals surface area contributed by atoms with Crippen LogP contribution in [0.3, 0.4) is 0 Å². The second kappa shape index (κ2) is 9.57. The van der Waals surface area contributed by atoms with Crippen LogP contribution in [-0.2, 0) is 9.59 Å². The number of piperidine rings is 2. The third-order valence-corrected chi connectivity index (χ3v) is 5.68. The molecule has 2 saturated heterocycles. The Morgan fingerprint density at radius 3 is 2.46 bits per heavy atom. The van der Waals surface area contributed by atoms with Crippen LogP contribution in [0.4, 0.5) is 10.5 Å². The molecule has 2 heterocycles. The first-order chi connectivity index (χ1) is 13.5. The van der Waals surface area contributed by atoms with E-state index >= 15 is 0 Å². The van der Waals surface area contributed by atoms with Crippen molar-refractivity contribution in [3.8, 4) is 0 Å². The largest absolute Gasteiger partial charge is 0.481 e. The van der Waals surface area contributed by atoms with Crippen molar-refractivity contribution in [3.63, 3.8) is 0 Å². The molecular formula is C21H29N3O4. The minimum absolute atomic E-state index is 0.109. The number of amides is 3. The molecule has 0 spiro atoms. The van der Waals surface area contributed by atoms with Gasteiger partial charge in [0.2, 0.25) is 5.91 Å². The number of nitrogens with one attached hydrogen (secondary N) is 1. The SMILES string of the molecule is O=C(O)CCC1CCCN(C(=O)C2CCCN(C(=O)Nc3ccccc3)C2)C1. The van der Waals surface area contributed by atoms with Gasteiger partial charge in [-0.1, -0.05) is 18.2 Å². The molecule has 3 rings (SSSR count). The summed E-state index contributed by atoms with van der Waals surface area (Å²) in [7, 11) is 0.